The van der Waals surface area contributed by atoms with Crippen molar-refractivity contribution in [1.82, 2.24) is 5.48 Å². The van der Waals surface area contributed by atoms with Crippen LogP contribution in [-0.4, -0.2) is 19.4 Å². The Bertz CT molecular complexity index is 369. The van der Waals surface area contributed by atoms with E-state index in [1.807, 2.05) is 13.0 Å². The van der Waals surface area contributed by atoms with E-state index in [0.29, 0.717) is 22.1 Å². The lowest BCUT2D eigenvalue weighted by molar-refractivity contribution is 0.160. The van der Waals surface area contributed by atoms with E-state index in [1.54, 1.807) is 14.2 Å². The SMILES string of the molecule is CCc1cc(OC)c(OC)c(CNO)c1Cl. The van der Waals surface area contributed by atoms with Gasteiger partial charge in [0.05, 0.1) is 25.8 Å². The van der Waals surface area contributed by atoms with Crippen molar-refractivity contribution >= 4 is 11.6 Å². The number of nitrogens with one attached hydrogen (secondary N) is 1. The molecule has 0 aliphatic rings. The number of rotatable bonds is 5. The first-order chi connectivity index (χ1) is 7.69. The number of hydrogen-bond donors (Lipinski definition) is 2. The maximum absolute atomic E-state index is 8.79. The van der Waals surface area contributed by atoms with Crippen LogP contribution in [0.4, 0.5) is 0 Å². The van der Waals surface area contributed by atoms with Gasteiger partial charge in [-0.15, -0.1) is 0 Å². The summed E-state index contributed by atoms with van der Waals surface area (Å²) in [5.74, 6) is 1.17. The van der Waals surface area contributed by atoms with Gasteiger partial charge in [-0.2, -0.15) is 0 Å². The van der Waals surface area contributed by atoms with E-state index in [9.17, 15) is 0 Å². The second kappa shape index (κ2) is 5.94. The van der Waals surface area contributed by atoms with E-state index in [1.165, 1.54) is 0 Å². The number of hydroxylamine groups is 1. The molecule has 0 heterocycles. The van der Waals surface area contributed by atoms with Crippen molar-refractivity contribution < 1.29 is 14.7 Å². The van der Waals surface area contributed by atoms with Gasteiger partial charge in [-0.1, -0.05) is 18.5 Å². The fourth-order valence-electron chi connectivity index (χ4n) is 1.60. The van der Waals surface area contributed by atoms with Crippen molar-refractivity contribution in [2.24, 2.45) is 0 Å². The molecule has 4 nitrogen and oxygen atoms in total. The van der Waals surface area contributed by atoms with Gasteiger partial charge in [0.2, 0.25) is 0 Å². The van der Waals surface area contributed by atoms with Gasteiger partial charge in [0, 0.05) is 5.56 Å². The zero-order valence-electron chi connectivity index (χ0n) is 9.63. The monoisotopic (exact) mass is 245 g/mol. The molecule has 90 valence electrons. The molecule has 0 aromatic heterocycles. The lowest BCUT2D eigenvalue weighted by atomic mass is 10.1. The lowest BCUT2D eigenvalue weighted by Gasteiger charge is -2.16. The van der Waals surface area contributed by atoms with Gasteiger partial charge in [-0.05, 0) is 18.1 Å². The van der Waals surface area contributed by atoms with Crippen LogP contribution in [0.3, 0.4) is 0 Å². The molecular weight excluding hydrogens is 230 g/mol. The van der Waals surface area contributed by atoms with Crippen LogP contribution in [0.2, 0.25) is 5.02 Å². The molecule has 16 heavy (non-hydrogen) atoms. The Balaban J connectivity index is 3.38. The number of ether oxygens (including phenoxy) is 2. The average molecular weight is 246 g/mol. The number of methoxy groups -OCH3 is 2. The third-order valence-electron chi connectivity index (χ3n) is 2.41. The third-order valence-corrected chi connectivity index (χ3v) is 2.88. The van der Waals surface area contributed by atoms with Crippen molar-refractivity contribution in [2.45, 2.75) is 19.9 Å². The molecule has 1 rings (SSSR count). The van der Waals surface area contributed by atoms with Crippen LogP contribution in [0.5, 0.6) is 11.5 Å². The molecular formula is C11H16ClNO3. The molecule has 0 aliphatic heterocycles. The fourth-order valence-corrected chi connectivity index (χ4v) is 1.94. The minimum absolute atomic E-state index is 0.214. The van der Waals surface area contributed by atoms with E-state index in [2.05, 4.69) is 5.48 Å². The van der Waals surface area contributed by atoms with Crippen molar-refractivity contribution in [3.8, 4) is 11.5 Å². The van der Waals surface area contributed by atoms with Crippen molar-refractivity contribution in [2.75, 3.05) is 14.2 Å². The molecule has 2 N–H and O–H groups in total. The van der Waals surface area contributed by atoms with Crippen molar-refractivity contribution in [3.63, 3.8) is 0 Å². The molecule has 0 spiro atoms. The maximum Gasteiger partial charge on any atom is 0.166 e. The third kappa shape index (κ3) is 2.40. The maximum atomic E-state index is 8.79. The quantitative estimate of drug-likeness (QED) is 0.783. The Kier molecular flexibility index (Phi) is 4.86. The zero-order chi connectivity index (χ0) is 12.1. The Morgan fingerprint density at radius 2 is 2.06 bits per heavy atom. The minimum Gasteiger partial charge on any atom is -0.493 e. The first-order valence-corrected chi connectivity index (χ1v) is 5.36. The number of benzene rings is 1. The highest BCUT2D eigenvalue weighted by Crippen LogP contribution is 2.38. The van der Waals surface area contributed by atoms with Crippen LogP contribution >= 0.6 is 11.6 Å². The fraction of sp³-hybridized carbons (Fsp3) is 0.455. The smallest absolute Gasteiger partial charge is 0.166 e. The summed E-state index contributed by atoms with van der Waals surface area (Å²) in [6.45, 7) is 2.22. The molecule has 0 fully saturated rings. The van der Waals surface area contributed by atoms with Crippen LogP contribution < -0.4 is 15.0 Å². The first-order valence-electron chi connectivity index (χ1n) is 4.98. The van der Waals surface area contributed by atoms with Gasteiger partial charge in [-0.3, -0.25) is 0 Å². The summed E-state index contributed by atoms with van der Waals surface area (Å²) in [7, 11) is 3.11. The zero-order valence-corrected chi connectivity index (χ0v) is 10.4. The Morgan fingerprint density at radius 3 is 2.50 bits per heavy atom. The Labute approximate surface area is 100 Å². The van der Waals surface area contributed by atoms with Gasteiger partial charge in [0.15, 0.2) is 11.5 Å². The van der Waals surface area contributed by atoms with Crippen molar-refractivity contribution in [3.05, 3.63) is 22.2 Å². The molecule has 1 aromatic rings. The highest BCUT2D eigenvalue weighted by atomic mass is 35.5. The molecule has 0 unspecified atom stereocenters. The standard InChI is InChI=1S/C11H16ClNO3/c1-4-7-5-9(15-2)11(16-3)8(6-13-14)10(7)12/h5,13-14H,4,6H2,1-3H3. The van der Waals surface area contributed by atoms with E-state index < -0.39 is 0 Å². The van der Waals surface area contributed by atoms with Gasteiger partial charge in [-0.25, -0.2) is 5.48 Å². The molecule has 0 amide bonds. The predicted octanol–water partition coefficient (Wildman–Crippen LogP) is 2.40. The van der Waals surface area contributed by atoms with Crippen LogP contribution in [0.1, 0.15) is 18.1 Å². The first kappa shape index (κ1) is 13.1. The van der Waals surface area contributed by atoms with Crippen LogP contribution in [-0.2, 0) is 13.0 Å². The molecule has 0 saturated carbocycles. The predicted molar refractivity (Wildman–Crippen MR) is 62.6 cm³/mol. The van der Waals surface area contributed by atoms with Crippen LogP contribution in [0.15, 0.2) is 6.07 Å². The van der Waals surface area contributed by atoms with Gasteiger partial charge in [0.25, 0.3) is 0 Å². The van der Waals surface area contributed by atoms with Crippen LogP contribution in [0, 0.1) is 0 Å². The topological polar surface area (TPSA) is 50.7 Å². The number of aryl methyl sites for hydroxylation is 1. The molecule has 5 heteroatoms. The summed E-state index contributed by atoms with van der Waals surface area (Å²) < 4.78 is 10.5. The molecule has 0 atom stereocenters. The summed E-state index contributed by atoms with van der Waals surface area (Å²) >= 11 is 6.21. The Hall–Kier alpha value is -0.970. The number of halogens is 1. The summed E-state index contributed by atoms with van der Waals surface area (Å²) in [5.41, 5.74) is 3.74. The summed E-state index contributed by atoms with van der Waals surface area (Å²) in [6, 6.07) is 1.85. The van der Waals surface area contributed by atoms with Gasteiger partial charge >= 0.3 is 0 Å². The second-order valence-electron chi connectivity index (χ2n) is 3.25. The van der Waals surface area contributed by atoms with E-state index in [-0.39, 0.29) is 6.54 Å². The second-order valence-corrected chi connectivity index (χ2v) is 3.63. The summed E-state index contributed by atoms with van der Waals surface area (Å²) in [5, 5.41) is 9.39. The summed E-state index contributed by atoms with van der Waals surface area (Å²) in [4.78, 5) is 0. The molecule has 1 aromatic carbocycles. The summed E-state index contributed by atoms with van der Waals surface area (Å²) in [6.07, 6.45) is 0.789. The molecule has 0 radical (unpaired) electrons. The normalized spacial score (nSPS) is 10.3. The van der Waals surface area contributed by atoms with E-state index >= 15 is 0 Å². The van der Waals surface area contributed by atoms with E-state index in [4.69, 9.17) is 26.3 Å². The van der Waals surface area contributed by atoms with Gasteiger partial charge in [0.1, 0.15) is 0 Å². The van der Waals surface area contributed by atoms with E-state index in [0.717, 1.165) is 12.0 Å². The van der Waals surface area contributed by atoms with Crippen molar-refractivity contribution in [1.29, 1.82) is 0 Å². The van der Waals surface area contributed by atoms with Crippen LogP contribution in [0.25, 0.3) is 0 Å². The molecule has 0 saturated heterocycles. The highest BCUT2D eigenvalue weighted by molar-refractivity contribution is 6.32. The molecule has 0 aliphatic carbocycles. The Morgan fingerprint density at radius 1 is 1.38 bits per heavy atom. The lowest BCUT2D eigenvalue weighted by Crippen LogP contribution is -2.10. The minimum atomic E-state index is 0.214. The number of hydrogen-bond acceptors (Lipinski definition) is 4. The van der Waals surface area contributed by atoms with Gasteiger partial charge < -0.3 is 14.7 Å². The largest absolute Gasteiger partial charge is 0.493 e. The highest BCUT2D eigenvalue weighted by Gasteiger charge is 2.17. The molecule has 0 bridgehead atoms. The average Bonchev–Trinajstić information content (AvgIpc) is 2.31.